The molecule has 1 N–H and O–H groups in total. The highest BCUT2D eigenvalue weighted by atomic mass is 32.2. The van der Waals surface area contributed by atoms with Crippen molar-refractivity contribution in [2.75, 3.05) is 11.1 Å². The fourth-order valence-electron chi connectivity index (χ4n) is 1.84. The van der Waals surface area contributed by atoms with E-state index in [1.165, 1.54) is 17.4 Å². The first-order valence-corrected chi connectivity index (χ1v) is 8.69. The first-order valence-electron chi connectivity index (χ1n) is 6.83. The molecule has 0 aromatic carbocycles. The van der Waals surface area contributed by atoms with E-state index in [1.54, 1.807) is 0 Å². The first kappa shape index (κ1) is 16.3. The Kier molecular flexibility index (Phi) is 4.58. The summed E-state index contributed by atoms with van der Waals surface area (Å²) in [6.45, 7) is 0. The van der Waals surface area contributed by atoms with E-state index in [1.807, 2.05) is 5.38 Å². The van der Waals surface area contributed by atoms with Crippen molar-refractivity contribution in [2.24, 2.45) is 0 Å². The Morgan fingerprint density at radius 2 is 2.17 bits per heavy atom. The zero-order chi connectivity index (χ0) is 16.4. The topological polar surface area (TPSA) is 54.9 Å². The van der Waals surface area contributed by atoms with Gasteiger partial charge in [0, 0.05) is 17.5 Å². The molecule has 0 atom stereocenters. The fraction of sp³-hybridized carbons (Fsp3) is 0.357. The second-order valence-electron chi connectivity index (χ2n) is 5.07. The summed E-state index contributed by atoms with van der Waals surface area (Å²) in [6, 6.07) is 2.21. The number of pyridine rings is 1. The molecular weight excluding hydrogens is 347 g/mol. The van der Waals surface area contributed by atoms with Crippen LogP contribution >= 0.6 is 23.1 Å². The van der Waals surface area contributed by atoms with Crippen LogP contribution in [0.3, 0.4) is 0 Å². The van der Waals surface area contributed by atoms with Crippen molar-refractivity contribution in [2.45, 2.75) is 30.0 Å². The van der Waals surface area contributed by atoms with Gasteiger partial charge in [0.1, 0.15) is 0 Å². The monoisotopic (exact) mass is 359 g/mol. The summed E-state index contributed by atoms with van der Waals surface area (Å²) in [6.07, 6.45) is -1.35. The number of anilines is 1. The highest BCUT2D eigenvalue weighted by Gasteiger charge is 2.30. The van der Waals surface area contributed by atoms with Gasteiger partial charge in [-0.15, -0.1) is 11.3 Å². The maximum Gasteiger partial charge on any atom is 0.417 e. The van der Waals surface area contributed by atoms with Gasteiger partial charge in [-0.25, -0.2) is 9.97 Å². The molecule has 4 nitrogen and oxygen atoms in total. The van der Waals surface area contributed by atoms with Crippen LogP contribution in [0, 0.1) is 0 Å². The number of carbonyl (C=O) groups is 1. The Morgan fingerprint density at radius 3 is 2.78 bits per heavy atom. The number of nitrogens with zero attached hydrogens (tertiary/aromatic N) is 2. The molecule has 1 aliphatic carbocycles. The molecule has 0 spiro atoms. The van der Waals surface area contributed by atoms with Crippen molar-refractivity contribution in [3.63, 3.8) is 0 Å². The molecule has 9 heteroatoms. The summed E-state index contributed by atoms with van der Waals surface area (Å²) >= 11 is 2.46. The van der Waals surface area contributed by atoms with Gasteiger partial charge < -0.3 is 5.32 Å². The molecule has 0 radical (unpaired) electrons. The lowest BCUT2D eigenvalue weighted by Crippen LogP contribution is -2.14. The molecule has 0 unspecified atom stereocenters. The summed E-state index contributed by atoms with van der Waals surface area (Å²) in [5.41, 5.74) is 0.212. The molecule has 0 bridgehead atoms. The lowest BCUT2D eigenvalue weighted by molar-refractivity contribution is -0.137. The number of thioether (sulfide) groups is 1. The highest BCUT2D eigenvalue weighted by Crippen LogP contribution is 2.40. The highest BCUT2D eigenvalue weighted by molar-refractivity contribution is 7.99. The molecule has 122 valence electrons. The van der Waals surface area contributed by atoms with Crippen LogP contribution in [0.2, 0.25) is 0 Å². The number of amides is 1. The fourth-order valence-corrected chi connectivity index (χ4v) is 3.29. The molecule has 2 aromatic heterocycles. The normalized spacial score (nSPS) is 14.7. The van der Waals surface area contributed by atoms with Gasteiger partial charge in [-0.1, -0.05) is 11.8 Å². The van der Waals surface area contributed by atoms with Gasteiger partial charge in [0.05, 0.1) is 22.0 Å². The van der Waals surface area contributed by atoms with Crippen molar-refractivity contribution >= 4 is 34.1 Å². The molecular formula is C14H12F3N3OS2. The van der Waals surface area contributed by atoms with Gasteiger partial charge in [0.15, 0.2) is 5.13 Å². The predicted molar refractivity (Wildman–Crippen MR) is 82.7 cm³/mol. The largest absolute Gasteiger partial charge is 0.417 e. The van der Waals surface area contributed by atoms with Gasteiger partial charge >= 0.3 is 6.18 Å². The van der Waals surface area contributed by atoms with E-state index in [0.717, 1.165) is 42.6 Å². The Bertz CT molecular complexity index is 696. The van der Waals surface area contributed by atoms with Gasteiger partial charge in [-0.3, -0.25) is 4.79 Å². The third kappa shape index (κ3) is 4.44. The number of halogens is 3. The van der Waals surface area contributed by atoms with E-state index in [9.17, 15) is 18.0 Å². The van der Waals surface area contributed by atoms with Crippen LogP contribution in [-0.2, 0) is 11.0 Å². The van der Waals surface area contributed by atoms with Crippen molar-refractivity contribution < 1.29 is 18.0 Å². The van der Waals surface area contributed by atoms with Crippen molar-refractivity contribution in [1.82, 2.24) is 9.97 Å². The first-order chi connectivity index (χ1) is 10.9. The Morgan fingerprint density at radius 1 is 1.39 bits per heavy atom. The number of alkyl halides is 3. The molecule has 0 saturated heterocycles. The maximum atomic E-state index is 12.4. The summed E-state index contributed by atoms with van der Waals surface area (Å²) < 4.78 is 37.3. The van der Waals surface area contributed by atoms with Gasteiger partial charge in [-0.05, 0) is 25.0 Å². The SMILES string of the molecule is O=C(CSc1ccc(C(F)(F)F)cn1)Nc1nc(C2CC2)cs1. The third-order valence-electron chi connectivity index (χ3n) is 3.18. The summed E-state index contributed by atoms with van der Waals surface area (Å²) in [4.78, 5) is 19.9. The minimum absolute atomic E-state index is 0.0662. The summed E-state index contributed by atoms with van der Waals surface area (Å²) in [5, 5.41) is 5.55. The van der Waals surface area contributed by atoms with E-state index >= 15 is 0 Å². The van der Waals surface area contributed by atoms with Crippen LogP contribution < -0.4 is 5.32 Å². The zero-order valence-corrected chi connectivity index (χ0v) is 13.4. The second kappa shape index (κ2) is 6.48. The van der Waals surface area contributed by atoms with Crippen LogP contribution in [0.4, 0.5) is 18.3 Å². The van der Waals surface area contributed by atoms with Crippen LogP contribution in [-0.4, -0.2) is 21.6 Å². The average Bonchev–Trinajstić information content (AvgIpc) is 3.25. The second-order valence-corrected chi connectivity index (χ2v) is 6.93. The number of nitrogens with one attached hydrogen (secondary N) is 1. The molecule has 2 heterocycles. The third-order valence-corrected chi connectivity index (χ3v) is 4.90. The number of rotatable bonds is 5. The predicted octanol–water partition coefficient (Wildman–Crippen LogP) is 4.17. The van der Waals surface area contributed by atoms with Crippen LogP contribution in [0.25, 0.3) is 0 Å². The van der Waals surface area contributed by atoms with E-state index in [0.29, 0.717) is 16.1 Å². The number of aromatic nitrogens is 2. The lowest BCUT2D eigenvalue weighted by atomic mass is 10.3. The summed E-state index contributed by atoms with van der Waals surface area (Å²) in [5.74, 6) is 0.340. The van der Waals surface area contributed by atoms with E-state index in [2.05, 4.69) is 15.3 Å². The van der Waals surface area contributed by atoms with Gasteiger partial charge in [0.2, 0.25) is 5.91 Å². The standard InChI is InChI=1S/C14H12F3N3OS2/c15-14(16,17)9-3-4-12(18-5-9)22-7-11(21)20-13-19-10(6-23-13)8-1-2-8/h3-6,8H,1-2,7H2,(H,19,20,21). The quantitative estimate of drug-likeness (QED) is 0.815. The minimum atomic E-state index is -4.41. The minimum Gasteiger partial charge on any atom is -0.301 e. The molecule has 3 rings (SSSR count). The van der Waals surface area contributed by atoms with Crippen LogP contribution in [0.5, 0.6) is 0 Å². The van der Waals surface area contributed by atoms with Crippen LogP contribution in [0.1, 0.15) is 30.0 Å². The van der Waals surface area contributed by atoms with Crippen molar-refractivity contribution in [3.05, 3.63) is 35.0 Å². The molecule has 1 amide bonds. The molecule has 1 aliphatic rings. The Balaban J connectivity index is 1.50. The molecule has 0 aliphatic heterocycles. The van der Waals surface area contributed by atoms with Gasteiger partial charge in [0.25, 0.3) is 0 Å². The number of carbonyl (C=O) groups excluding carboxylic acids is 1. The number of thiazole rings is 1. The average molecular weight is 359 g/mol. The Hall–Kier alpha value is -1.61. The summed E-state index contributed by atoms with van der Waals surface area (Å²) in [7, 11) is 0. The van der Waals surface area contributed by atoms with Gasteiger partial charge in [-0.2, -0.15) is 13.2 Å². The van der Waals surface area contributed by atoms with Crippen molar-refractivity contribution in [1.29, 1.82) is 0 Å². The van der Waals surface area contributed by atoms with E-state index in [4.69, 9.17) is 0 Å². The molecule has 23 heavy (non-hydrogen) atoms. The van der Waals surface area contributed by atoms with E-state index < -0.39 is 11.7 Å². The maximum absolute atomic E-state index is 12.4. The smallest absolute Gasteiger partial charge is 0.301 e. The number of hydrogen-bond donors (Lipinski definition) is 1. The molecule has 2 aromatic rings. The Labute approximate surface area is 138 Å². The van der Waals surface area contributed by atoms with E-state index in [-0.39, 0.29) is 11.7 Å². The molecule has 1 fully saturated rings. The lowest BCUT2D eigenvalue weighted by Gasteiger charge is -2.06. The number of hydrogen-bond acceptors (Lipinski definition) is 5. The zero-order valence-electron chi connectivity index (χ0n) is 11.8. The van der Waals surface area contributed by atoms with Crippen LogP contribution in [0.15, 0.2) is 28.7 Å². The molecule has 1 saturated carbocycles. The van der Waals surface area contributed by atoms with Crippen molar-refractivity contribution in [3.8, 4) is 0 Å².